The predicted molar refractivity (Wildman–Crippen MR) is 78.1 cm³/mol. The topological polar surface area (TPSA) is 80.9 Å². The normalized spacial score (nSPS) is 11.8. The zero-order valence-electron chi connectivity index (χ0n) is 11.4. The molecule has 0 bridgehead atoms. The summed E-state index contributed by atoms with van der Waals surface area (Å²) in [5, 5.41) is 2.89. The van der Waals surface area contributed by atoms with Crippen LogP contribution in [-0.4, -0.2) is 21.9 Å². The Hall–Kier alpha value is -2.43. The fourth-order valence-electron chi connectivity index (χ4n) is 1.92. The molecule has 5 heteroatoms. The number of anilines is 1. The summed E-state index contributed by atoms with van der Waals surface area (Å²) in [7, 11) is 0. The summed E-state index contributed by atoms with van der Waals surface area (Å²) in [4.78, 5) is 19.8. The molecular weight excluding hydrogens is 252 g/mol. The van der Waals surface area contributed by atoms with Crippen molar-refractivity contribution in [2.45, 2.75) is 25.8 Å². The first-order valence-electron chi connectivity index (χ1n) is 6.58. The van der Waals surface area contributed by atoms with E-state index in [2.05, 4.69) is 27.4 Å². The summed E-state index contributed by atoms with van der Waals surface area (Å²) >= 11 is 0. The Labute approximate surface area is 118 Å². The molecule has 5 nitrogen and oxygen atoms in total. The fourth-order valence-corrected chi connectivity index (χ4v) is 1.92. The first-order valence-corrected chi connectivity index (χ1v) is 6.58. The van der Waals surface area contributed by atoms with E-state index in [0.29, 0.717) is 0 Å². The second-order valence-corrected chi connectivity index (χ2v) is 4.69. The molecule has 2 rings (SSSR count). The number of amides is 1. The van der Waals surface area contributed by atoms with Gasteiger partial charge in [0.1, 0.15) is 0 Å². The second-order valence-electron chi connectivity index (χ2n) is 4.69. The van der Waals surface area contributed by atoms with Crippen molar-refractivity contribution >= 4 is 11.7 Å². The number of carbonyl (C=O) groups is 1. The highest BCUT2D eigenvalue weighted by Gasteiger charge is 2.14. The number of nitrogen functional groups attached to an aromatic ring is 1. The van der Waals surface area contributed by atoms with E-state index >= 15 is 0 Å². The summed E-state index contributed by atoms with van der Waals surface area (Å²) in [6, 6.07) is 10.2. The smallest absolute Gasteiger partial charge is 0.273 e. The van der Waals surface area contributed by atoms with Crippen LogP contribution in [-0.2, 0) is 6.42 Å². The largest absolute Gasteiger partial charge is 0.382 e. The molecule has 0 aliphatic heterocycles. The lowest BCUT2D eigenvalue weighted by Crippen LogP contribution is -2.34. The maximum atomic E-state index is 12.0. The summed E-state index contributed by atoms with van der Waals surface area (Å²) in [5.74, 6) is -0.128. The van der Waals surface area contributed by atoms with Gasteiger partial charge in [0.15, 0.2) is 11.5 Å². The van der Waals surface area contributed by atoms with Crippen molar-refractivity contribution in [3.63, 3.8) is 0 Å². The number of benzene rings is 1. The van der Waals surface area contributed by atoms with Crippen LogP contribution in [0.2, 0.25) is 0 Å². The van der Waals surface area contributed by atoms with Gasteiger partial charge >= 0.3 is 0 Å². The van der Waals surface area contributed by atoms with Crippen LogP contribution in [0.5, 0.6) is 0 Å². The van der Waals surface area contributed by atoms with Crippen LogP contribution in [0.1, 0.15) is 29.4 Å². The molecule has 3 N–H and O–H groups in total. The molecule has 0 saturated carbocycles. The van der Waals surface area contributed by atoms with Crippen LogP contribution in [0.4, 0.5) is 5.82 Å². The molecule has 1 atom stereocenters. The first-order chi connectivity index (χ1) is 9.66. The van der Waals surface area contributed by atoms with Crippen LogP contribution >= 0.6 is 0 Å². The van der Waals surface area contributed by atoms with Crippen molar-refractivity contribution in [1.29, 1.82) is 0 Å². The summed E-state index contributed by atoms with van der Waals surface area (Å²) in [6.07, 6.45) is 4.69. The Morgan fingerprint density at radius 1 is 1.25 bits per heavy atom. The van der Waals surface area contributed by atoms with Crippen molar-refractivity contribution in [1.82, 2.24) is 15.3 Å². The zero-order chi connectivity index (χ0) is 14.4. The van der Waals surface area contributed by atoms with E-state index in [-0.39, 0.29) is 23.5 Å². The highest BCUT2D eigenvalue weighted by atomic mass is 16.2. The molecule has 1 aromatic heterocycles. The molecule has 0 aliphatic carbocycles. The minimum atomic E-state index is -0.281. The minimum Gasteiger partial charge on any atom is -0.382 e. The van der Waals surface area contributed by atoms with Gasteiger partial charge < -0.3 is 11.1 Å². The van der Waals surface area contributed by atoms with Crippen molar-refractivity contribution in [3.05, 3.63) is 54.0 Å². The van der Waals surface area contributed by atoms with Crippen molar-refractivity contribution in [2.75, 3.05) is 5.73 Å². The third-order valence-corrected chi connectivity index (χ3v) is 3.03. The molecule has 1 amide bonds. The number of aromatic nitrogens is 2. The van der Waals surface area contributed by atoms with Gasteiger partial charge in [-0.15, -0.1) is 0 Å². The number of hydrogen-bond donors (Lipinski definition) is 2. The Balaban J connectivity index is 1.87. The fraction of sp³-hybridized carbons (Fsp3) is 0.267. The van der Waals surface area contributed by atoms with Gasteiger partial charge in [0.25, 0.3) is 5.91 Å². The van der Waals surface area contributed by atoms with E-state index < -0.39 is 0 Å². The van der Waals surface area contributed by atoms with Crippen LogP contribution < -0.4 is 11.1 Å². The first kappa shape index (κ1) is 14.0. The van der Waals surface area contributed by atoms with Crippen LogP contribution in [0, 0.1) is 0 Å². The van der Waals surface area contributed by atoms with E-state index in [0.717, 1.165) is 12.8 Å². The number of nitrogens with one attached hydrogen (secondary N) is 1. The molecule has 0 fully saturated rings. The highest BCUT2D eigenvalue weighted by molar-refractivity contribution is 5.96. The molecule has 20 heavy (non-hydrogen) atoms. The lowest BCUT2D eigenvalue weighted by molar-refractivity contribution is 0.0934. The molecule has 104 valence electrons. The van der Waals surface area contributed by atoms with Gasteiger partial charge in [-0.1, -0.05) is 30.3 Å². The van der Waals surface area contributed by atoms with Gasteiger partial charge in [0.2, 0.25) is 0 Å². The molecule has 1 aromatic carbocycles. The molecule has 2 aromatic rings. The van der Waals surface area contributed by atoms with Crippen LogP contribution in [0.3, 0.4) is 0 Å². The lowest BCUT2D eigenvalue weighted by atomic mass is 10.1. The quantitative estimate of drug-likeness (QED) is 0.868. The zero-order valence-corrected chi connectivity index (χ0v) is 11.4. The second kappa shape index (κ2) is 6.65. The van der Waals surface area contributed by atoms with Crippen molar-refractivity contribution in [3.8, 4) is 0 Å². The molecule has 0 saturated heterocycles. The van der Waals surface area contributed by atoms with Gasteiger partial charge in [-0.05, 0) is 25.3 Å². The standard InChI is InChI=1S/C15H18N4O/c1-11(7-8-12-5-3-2-4-6-12)19-15(20)13-14(16)18-10-9-17-13/h2-6,9-11H,7-8H2,1H3,(H2,16,18)(H,19,20)/t11-/m0/s1. The van der Waals surface area contributed by atoms with E-state index in [4.69, 9.17) is 5.73 Å². The van der Waals surface area contributed by atoms with Crippen molar-refractivity contribution < 1.29 is 4.79 Å². The molecule has 0 aliphatic rings. The number of hydrogen-bond acceptors (Lipinski definition) is 4. The maximum Gasteiger partial charge on any atom is 0.273 e. The SMILES string of the molecule is C[C@@H](CCc1ccccc1)NC(=O)c1nccnc1N. The number of aryl methyl sites for hydroxylation is 1. The van der Waals surface area contributed by atoms with Gasteiger partial charge in [-0.3, -0.25) is 4.79 Å². The van der Waals surface area contributed by atoms with Gasteiger partial charge in [-0.25, -0.2) is 9.97 Å². The van der Waals surface area contributed by atoms with Gasteiger partial charge in [0, 0.05) is 18.4 Å². The Bertz CT molecular complexity index is 571. The molecule has 0 spiro atoms. The lowest BCUT2D eigenvalue weighted by Gasteiger charge is -2.14. The molecule has 0 unspecified atom stereocenters. The average Bonchev–Trinajstić information content (AvgIpc) is 2.46. The van der Waals surface area contributed by atoms with E-state index in [1.54, 1.807) is 0 Å². The number of nitrogens with zero attached hydrogens (tertiary/aromatic N) is 2. The number of carbonyl (C=O) groups excluding carboxylic acids is 1. The number of nitrogens with two attached hydrogens (primary N) is 1. The summed E-state index contributed by atoms with van der Waals surface area (Å²) < 4.78 is 0. The number of rotatable bonds is 5. The predicted octanol–water partition coefficient (Wildman–Crippen LogP) is 1.81. The maximum absolute atomic E-state index is 12.0. The van der Waals surface area contributed by atoms with E-state index in [9.17, 15) is 4.79 Å². The molecule has 1 heterocycles. The summed E-state index contributed by atoms with van der Waals surface area (Å²) in [6.45, 7) is 1.97. The monoisotopic (exact) mass is 270 g/mol. The Morgan fingerprint density at radius 2 is 1.95 bits per heavy atom. The van der Waals surface area contributed by atoms with Gasteiger partial charge in [0.05, 0.1) is 0 Å². The van der Waals surface area contributed by atoms with E-state index in [1.165, 1.54) is 18.0 Å². The van der Waals surface area contributed by atoms with E-state index in [1.807, 2.05) is 25.1 Å². The third kappa shape index (κ3) is 3.78. The van der Waals surface area contributed by atoms with Crippen molar-refractivity contribution in [2.24, 2.45) is 0 Å². The minimum absolute atomic E-state index is 0.0455. The molecular formula is C15H18N4O. The average molecular weight is 270 g/mol. The molecule has 0 radical (unpaired) electrons. The Morgan fingerprint density at radius 3 is 2.65 bits per heavy atom. The Kier molecular flexibility index (Phi) is 4.65. The third-order valence-electron chi connectivity index (χ3n) is 3.03. The van der Waals surface area contributed by atoms with Gasteiger partial charge in [-0.2, -0.15) is 0 Å². The highest BCUT2D eigenvalue weighted by Crippen LogP contribution is 2.07. The van der Waals surface area contributed by atoms with Crippen LogP contribution in [0.25, 0.3) is 0 Å². The van der Waals surface area contributed by atoms with Crippen LogP contribution in [0.15, 0.2) is 42.7 Å². The summed E-state index contributed by atoms with van der Waals surface area (Å²) in [5.41, 5.74) is 7.06.